The zero-order valence-electron chi connectivity index (χ0n) is 13.9. The number of carbonyl (C=O) groups is 2. The van der Waals surface area contributed by atoms with Crippen molar-refractivity contribution in [3.05, 3.63) is 0 Å². The van der Waals surface area contributed by atoms with Crippen LogP contribution < -0.4 is 5.32 Å². The van der Waals surface area contributed by atoms with E-state index in [1.165, 1.54) is 0 Å². The number of aliphatic carboxylic acids is 1. The van der Waals surface area contributed by atoms with Crippen molar-refractivity contribution < 1.29 is 14.7 Å². The topological polar surface area (TPSA) is 69.6 Å². The summed E-state index contributed by atoms with van der Waals surface area (Å²) < 4.78 is 0. The van der Waals surface area contributed by atoms with Gasteiger partial charge >= 0.3 is 5.97 Å². The molecule has 0 heterocycles. The lowest BCUT2D eigenvalue weighted by Crippen LogP contribution is -2.46. The Bertz CT molecular complexity index is 359. The van der Waals surface area contributed by atoms with Crippen LogP contribution in [0.3, 0.4) is 0 Å². The number of nitrogens with zero attached hydrogens (tertiary/aromatic N) is 1. The van der Waals surface area contributed by atoms with Gasteiger partial charge in [0.2, 0.25) is 5.91 Å². The molecule has 0 radical (unpaired) electrons. The van der Waals surface area contributed by atoms with Crippen LogP contribution in [-0.2, 0) is 9.59 Å². The molecule has 1 aliphatic carbocycles. The van der Waals surface area contributed by atoms with E-state index in [0.717, 1.165) is 13.0 Å². The number of rotatable bonds is 7. The highest BCUT2D eigenvalue weighted by molar-refractivity contribution is 5.85. The fourth-order valence-electron chi connectivity index (χ4n) is 3.35. The molecule has 5 nitrogen and oxygen atoms in total. The van der Waals surface area contributed by atoms with Gasteiger partial charge in [-0.05, 0) is 45.2 Å². The van der Waals surface area contributed by atoms with Gasteiger partial charge in [-0.1, -0.05) is 20.8 Å². The number of hydrogen-bond donors (Lipinski definition) is 2. The van der Waals surface area contributed by atoms with Crippen LogP contribution in [0.1, 0.15) is 40.0 Å². The largest absolute Gasteiger partial charge is 0.481 e. The molecular weight excluding hydrogens is 268 g/mol. The molecule has 0 aromatic carbocycles. The third-order valence-electron chi connectivity index (χ3n) is 4.14. The van der Waals surface area contributed by atoms with E-state index in [-0.39, 0.29) is 17.9 Å². The second kappa shape index (κ2) is 7.78. The van der Waals surface area contributed by atoms with Crippen molar-refractivity contribution in [2.75, 3.05) is 20.6 Å². The maximum Gasteiger partial charge on any atom is 0.307 e. The van der Waals surface area contributed by atoms with Gasteiger partial charge in [-0.3, -0.25) is 9.59 Å². The average molecular weight is 298 g/mol. The van der Waals surface area contributed by atoms with Gasteiger partial charge in [-0.25, -0.2) is 0 Å². The third kappa shape index (κ3) is 5.65. The Hall–Kier alpha value is -1.10. The Balaban J connectivity index is 2.69. The number of carboxylic acid groups (broad SMARTS) is 1. The van der Waals surface area contributed by atoms with Crippen LogP contribution in [0.4, 0.5) is 0 Å². The number of likely N-dealkylation sites (N-methyl/N-ethyl adjacent to an activating group) is 1. The summed E-state index contributed by atoms with van der Waals surface area (Å²) in [6.45, 7) is 7.07. The first-order chi connectivity index (χ1) is 9.70. The van der Waals surface area contributed by atoms with Gasteiger partial charge in [0.1, 0.15) is 0 Å². The maximum absolute atomic E-state index is 12.5. The van der Waals surface area contributed by atoms with E-state index in [0.29, 0.717) is 24.7 Å². The lowest BCUT2D eigenvalue weighted by atomic mass is 9.94. The number of carboxylic acids is 1. The molecule has 0 saturated heterocycles. The summed E-state index contributed by atoms with van der Waals surface area (Å²) in [6, 6.07) is 0.0813. The summed E-state index contributed by atoms with van der Waals surface area (Å²) in [6.07, 6.45) is 2.19. The number of nitrogens with one attached hydrogen (secondary N) is 1. The Labute approximate surface area is 128 Å². The molecule has 0 aromatic heterocycles. The first kappa shape index (κ1) is 18.0. The highest BCUT2D eigenvalue weighted by Gasteiger charge is 2.41. The molecule has 1 amide bonds. The standard InChI is InChI=1S/C16H30N2O3/c1-10(2)6-12(9-18(4)5)17-15(19)13-7-11(3)8-14(13)16(20)21/h10-14H,6-9H2,1-5H3,(H,17,19)(H,20,21). The van der Waals surface area contributed by atoms with Crippen molar-refractivity contribution in [3.63, 3.8) is 0 Å². The SMILES string of the molecule is CC(C)CC(CN(C)C)NC(=O)C1CC(C)CC1C(=O)O. The van der Waals surface area contributed by atoms with Crippen LogP contribution in [-0.4, -0.2) is 48.6 Å². The van der Waals surface area contributed by atoms with E-state index in [2.05, 4.69) is 24.1 Å². The Kier molecular flexibility index (Phi) is 6.65. The highest BCUT2D eigenvalue weighted by Crippen LogP contribution is 2.36. The molecule has 1 aliphatic rings. The van der Waals surface area contributed by atoms with Gasteiger partial charge in [0, 0.05) is 12.6 Å². The van der Waals surface area contributed by atoms with Crippen molar-refractivity contribution in [3.8, 4) is 0 Å². The molecule has 0 bridgehead atoms. The van der Waals surface area contributed by atoms with Crippen LogP contribution in [0.15, 0.2) is 0 Å². The van der Waals surface area contributed by atoms with E-state index in [1.807, 2.05) is 21.0 Å². The highest BCUT2D eigenvalue weighted by atomic mass is 16.4. The van der Waals surface area contributed by atoms with Crippen molar-refractivity contribution in [1.82, 2.24) is 10.2 Å². The normalized spacial score (nSPS) is 27.1. The molecule has 122 valence electrons. The lowest BCUT2D eigenvalue weighted by Gasteiger charge is -2.26. The van der Waals surface area contributed by atoms with Crippen LogP contribution in [0.5, 0.6) is 0 Å². The molecule has 5 heteroatoms. The molecule has 4 unspecified atom stereocenters. The van der Waals surface area contributed by atoms with Crippen molar-refractivity contribution in [1.29, 1.82) is 0 Å². The van der Waals surface area contributed by atoms with Gasteiger partial charge in [-0.2, -0.15) is 0 Å². The van der Waals surface area contributed by atoms with E-state index < -0.39 is 11.9 Å². The minimum atomic E-state index is -0.840. The lowest BCUT2D eigenvalue weighted by molar-refractivity contribution is -0.146. The van der Waals surface area contributed by atoms with E-state index in [1.54, 1.807) is 0 Å². The predicted octanol–water partition coefficient (Wildman–Crippen LogP) is 1.83. The summed E-state index contributed by atoms with van der Waals surface area (Å²) in [5, 5.41) is 12.4. The van der Waals surface area contributed by atoms with Crippen molar-refractivity contribution in [2.45, 2.75) is 46.1 Å². The minimum absolute atomic E-state index is 0.0813. The van der Waals surface area contributed by atoms with Crippen LogP contribution in [0.25, 0.3) is 0 Å². The summed E-state index contributed by atoms with van der Waals surface area (Å²) >= 11 is 0. The molecular formula is C16H30N2O3. The Morgan fingerprint density at radius 2 is 1.81 bits per heavy atom. The Morgan fingerprint density at radius 3 is 2.29 bits per heavy atom. The van der Waals surface area contributed by atoms with E-state index in [4.69, 9.17) is 0 Å². The Morgan fingerprint density at radius 1 is 1.24 bits per heavy atom. The quantitative estimate of drug-likeness (QED) is 0.752. The fraction of sp³-hybridized carbons (Fsp3) is 0.875. The smallest absolute Gasteiger partial charge is 0.307 e. The number of hydrogen-bond acceptors (Lipinski definition) is 3. The van der Waals surface area contributed by atoms with Gasteiger partial charge in [0.25, 0.3) is 0 Å². The third-order valence-corrected chi connectivity index (χ3v) is 4.14. The molecule has 4 atom stereocenters. The predicted molar refractivity (Wildman–Crippen MR) is 83.0 cm³/mol. The number of carbonyl (C=O) groups excluding carboxylic acids is 1. The van der Waals surface area contributed by atoms with Gasteiger partial charge in [-0.15, -0.1) is 0 Å². The van der Waals surface area contributed by atoms with Crippen molar-refractivity contribution >= 4 is 11.9 Å². The van der Waals surface area contributed by atoms with Crippen molar-refractivity contribution in [2.24, 2.45) is 23.7 Å². The van der Waals surface area contributed by atoms with Gasteiger partial charge in [0.05, 0.1) is 11.8 Å². The molecule has 0 spiro atoms. The van der Waals surface area contributed by atoms with E-state index in [9.17, 15) is 14.7 Å². The van der Waals surface area contributed by atoms with Gasteiger partial charge in [0.15, 0.2) is 0 Å². The zero-order valence-corrected chi connectivity index (χ0v) is 13.9. The molecule has 0 aliphatic heterocycles. The summed E-state index contributed by atoms with van der Waals surface area (Å²) in [4.78, 5) is 25.9. The molecule has 1 fully saturated rings. The minimum Gasteiger partial charge on any atom is -0.481 e. The molecule has 0 aromatic rings. The maximum atomic E-state index is 12.5. The fourth-order valence-corrected chi connectivity index (χ4v) is 3.35. The molecule has 1 rings (SSSR count). The summed E-state index contributed by atoms with van der Waals surface area (Å²) in [5.74, 6) is -1.03. The number of amides is 1. The summed E-state index contributed by atoms with van der Waals surface area (Å²) in [7, 11) is 3.97. The molecule has 21 heavy (non-hydrogen) atoms. The second-order valence-electron chi connectivity index (χ2n) is 7.23. The average Bonchev–Trinajstić information content (AvgIpc) is 2.69. The summed E-state index contributed by atoms with van der Waals surface area (Å²) in [5.41, 5.74) is 0. The van der Waals surface area contributed by atoms with Crippen LogP contribution in [0, 0.1) is 23.7 Å². The molecule has 1 saturated carbocycles. The first-order valence-corrected chi connectivity index (χ1v) is 7.88. The van der Waals surface area contributed by atoms with Crippen LogP contribution >= 0.6 is 0 Å². The van der Waals surface area contributed by atoms with Crippen LogP contribution in [0.2, 0.25) is 0 Å². The monoisotopic (exact) mass is 298 g/mol. The van der Waals surface area contributed by atoms with E-state index >= 15 is 0 Å². The molecule has 2 N–H and O–H groups in total. The first-order valence-electron chi connectivity index (χ1n) is 7.88. The second-order valence-corrected chi connectivity index (χ2v) is 7.23. The van der Waals surface area contributed by atoms with Gasteiger partial charge < -0.3 is 15.3 Å². The zero-order chi connectivity index (χ0) is 16.2.